The summed E-state index contributed by atoms with van der Waals surface area (Å²) in [5.41, 5.74) is 3.33. The highest BCUT2D eigenvalue weighted by Crippen LogP contribution is 2.20. The van der Waals surface area contributed by atoms with Crippen molar-refractivity contribution in [3.8, 4) is 11.1 Å². The number of carbonyl (C=O) groups excluding carboxylic acids is 1. The summed E-state index contributed by atoms with van der Waals surface area (Å²) in [5, 5.41) is 6.03. The van der Waals surface area contributed by atoms with Gasteiger partial charge >= 0.3 is 0 Å². The van der Waals surface area contributed by atoms with Gasteiger partial charge in [-0.3, -0.25) is 4.79 Å². The molecule has 0 aromatic heterocycles. The second-order valence-corrected chi connectivity index (χ2v) is 5.00. The van der Waals surface area contributed by atoms with Gasteiger partial charge in [-0.25, -0.2) is 0 Å². The molecule has 0 heterocycles. The zero-order valence-corrected chi connectivity index (χ0v) is 12.4. The van der Waals surface area contributed by atoms with Gasteiger partial charge in [-0.05, 0) is 29.7 Å². The first-order valence-electron chi connectivity index (χ1n) is 7.45. The molecule has 0 radical (unpaired) electrons. The van der Waals surface area contributed by atoms with Crippen LogP contribution in [0.2, 0.25) is 0 Å². The molecule has 3 nitrogen and oxygen atoms in total. The lowest BCUT2D eigenvalue weighted by Crippen LogP contribution is -2.30. The lowest BCUT2D eigenvalue weighted by Gasteiger charge is -2.08. The van der Waals surface area contributed by atoms with Gasteiger partial charge in [0.15, 0.2) is 0 Å². The number of hydrogen-bond acceptors (Lipinski definition) is 2. The predicted molar refractivity (Wildman–Crippen MR) is 88.3 cm³/mol. The fourth-order valence-corrected chi connectivity index (χ4v) is 2.06. The van der Waals surface area contributed by atoms with E-state index in [-0.39, 0.29) is 5.91 Å². The van der Waals surface area contributed by atoms with Crippen LogP contribution in [0.1, 0.15) is 19.8 Å². The third-order valence-corrected chi connectivity index (χ3v) is 3.30. The summed E-state index contributed by atoms with van der Waals surface area (Å²) in [6.45, 7) is 3.18. The van der Waals surface area contributed by atoms with E-state index in [2.05, 4.69) is 41.8 Å². The van der Waals surface area contributed by atoms with Gasteiger partial charge in [0.05, 0.1) is 6.54 Å². The summed E-state index contributed by atoms with van der Waals surface area (Å²) in [6, 6.07) is 18.4. The van der Waals surface area contributed by atoms with Crippen molar-refractivity contribution in [2.75, 3.05) is 18.4 Å². The molecule has 0 bridgehead atoms. The third kappa shape index (κ3) is 4.95. The largest absolute Gasteiger partial charge is 0.376 e. The highest BCUT2D eigenvalue weighted by molar-refractivity contribution is 5.80. The highest BCUT2D eigenvalue weighted by Gasteiger charge is 2.01. The number of nitrogens with one attached hydrogen (secondary N) is 2. The van der Waals surface area contributed by atoms with Gasteiger partial charge in [0.1, 0.15) is 0 Å². The molecule has 2 rings (SSSR count). The summed E-state index contributed by atoms with van der Waals surface area (Å²) in [6.07, 6.45) is 2.12. The minimum atomic E-state index is 0.0376. The number of amides is 1. The molecule has 0 aliphatic heterocycles. The fourth-order valence-electron chi connectivity index (χ4n) is 2.06. The van der Waals surface area contributed by atoms with Gasteiger partial charge in [-0.2, -0.15) is 0 Å². The topological polar surface area (TPSA) is 41.1 Å². The van der Waals surface area contributed by atoms with E-state index < -0.39 is 0 Å². The van der Waals surface area contributed by atoms with Crippen molar-refractivity contribution in [1.82, 2.24) is 5.32 Å². The Kier molecular flexibility index (Phi) is 5.83. The van der Waals surface area contributed by atoms with Gasteiger partial charge in [-0.15, -0.1) is 0 Å². The highest BCUT2D eigenvalue weighted by atomic mass is 16.1. The number of hydrogen-bond donors (Lipinski definition) is 2. The van der Waals surface area contributed by atoms with Crippen molar-refractivity contribution in [2.24, 2.45) is 0 Å². The molecule has 110 valence electrons. The van der Waals surface area contributed by atoms with Crippen molar-refractivity contribution in [3.63, 3.8) is 0 Å². The van der Waals surface area contributed by atoms with Crippen molar-refractivity contribution in [1.29, 1.82) is 0 Å². The first-order valence-corrected chi connectivity index (χ1v) is 7.45. The Hall–Kier alpha value is -2.29. The standard InChI is InChI=1S/C18H22N2O/c1-2-3-13-19-18(21)14-20-17-11-9-16(10-12-17)15-7-5-4-6-8-15/h4-12,20H,2-3,13-14H2,1H3,(H,19,21). The molecule has 0 unspecified atom stereocenters. The van der Waals surface area contributed by atoms with Gasteiger partial charge in [-0.1, -0.05) is 55.8 Å². The van der Waals surface area contributed by atoms with Crippen molar-refractivity contribution in [2.45, 2.75) is 19.8 Å². The van der Waals surface area contributed by atoms with Gasteiger partial charge in [0, 0.05) is 12.2 Å². The van der Waals surface area contributed by atoms with E-state index in [1.54, 1.807) is 0 Å². The zero-order valence-electron chi connectivity index (χ0n) is 12.4. The molecule has 0 atom stereocenters. The molecule has 0 saturated heterocycles. The van der Waals surface area contributed by atoms with Crippen LogP contribution in [0.5, 0.6) is 0 Å². The van der Waals surface area contributed by atoms with E-state index in [1.165, 1.54) is 11.1 Å². The fraction of sp³-hybridized carbons (Fsp3) is 0.278. The number of carbonyl (C=O) groups is 1. The number of benzene rings is 2. The van der Waals surface area contributed by atoms with Gasteiger partial charge in [0.25, 0.3) is 0 Å². The molecule has 0 aliphatic rings. The van der Waals surface area contributed by atoms with Crippen LogP contribution in [-0.4, -0.2) is 19.0 Å². The summed E-state index contributed by atoms with van der Waals surface area (Å²) in [4.78, 5) is 11.6. The van der Waals surface area contributed by atoms with Crippen LogP contribution >= 0.6 is 0 Å². The summed E-state index contributed by atoms with van der Waals surface area (Å²) in [5.74, 6) is 0.0376. The number of rotatable bonds is 7. The van der Waals surface area contributed by atoms with Gasteiger partial charge in [0.2, 0.25) is 5.91 Å². The van der Waals surface area contributed by atoms with Crippen LogP contribution < -0.4 is 10.6 Å². The molecule has 1 amide bonds. The lowest BCUT2D eigenvalue weighted by atomic mass is 10.1. The molecule has 21 heavy (non-hydrogen) atoms. The van der Waals surface area contributed by atoms with Crippen LogP contribution in [0.25, 0.3) is 11.1 Å². The van der Waals surface area contributed by atoms with E-state index >= 15 is 0 Å². The Morgan fingerprint density at radius 1 is 0.952 bits per heavy atom. The van der Waals surface area contributed by atoms with Crippen molar-refractivity contribution < 1.29 is 4.79 Å². The normalized spacial score (nSPS) is 10.1. The summed E-state index contributed by atoms with van der Waals surface area (Å²) < 4.78 is 0. The molecule has 0 aliphatic carbocycles. The van der Waals surface area contributed by atoms with E-state index in [4.69, 9.17) is 0 Å². The molecular formula is C18H22N2O. The maximum absolute atomic E-state index is 11.6. The Morgan fingerprint density at radius 3 is 2.29 bits per heavy atom. The molecule has 0 spiro atoms. The van der Waals surface area contributed by atoms with Crippen LogP contribution in [0.4, 0.5) is 5.69 Å². The van der Waals surface area contributed by atoms with E-state index in [9.17, 15) is 4.79 Å². The van der Waals surface area contributed by atoms with Crippen LogP contribution in [-0.2, 0) is 4.79 Å². The summed E-state index contributed by atoms with van der Waals surface area (Å²) >= 11 is 0. The first-order chi connectivity index (χ1) is 10.3. The minimum absolute atomic E-state index is 0.0376. The maximum atomic E-state index is 11.6. The molecule has 0 saturated carbocycles. The first kappa shape index (κ1) is 15.1. The molecule has 2 N–H and O–H groups in total. The Bertz CT molecular complexity index is 549. The monoisotopic (exact) mass is 282 g/mol. The average Bonchev–Trinajstić information content (AvgIpc) is 2.54. The Morgan fingerprint density at radius 2 is 1.62 bits per heavy atom. The SMILES string of the molecule is CCCCNC(=O)CNc1ccc(-c2ccccc2)cc1. The molecule has 2 aromatic rings. The smallest absolute Gasteiger partial charge is 0.239 e. The quantitative estimate of drug-likeness (QED) is 0.761. The molecular weight excluding hydrogens is 260 g/mol. The lowest BCUT2D eigenvalue weighted by molar-refractivity contribution is -0.119. The van der Waals surface area contributed by atoms with Crippen LogP contribution in [0.3, 0.4) is 0 Å². The zero-order chi connectivity index (χ0) is 14.9. The summed E-state index contributed by atoms with van der Waals surface area (Å²) in [7, 11) is 0. The molecule has 2 aromatic carbocycles. The average molecular weight is 282 g/mol. The van der Waals surface area contributed by atoms with Crippen molar-refractivity contribution >= 4 is 11.6 Å². The van der Waals surface area contributed by atoms with Crippen LogP contribution in [0, 0.1) is 0 Å². The minimum Gasteiger partial charge on any atom is -0.376 e. The number of unbranched alkanes of at least 4 members (excludes halogenated alkanes) is 1. The maximum Gasteiger partial charge on any atom is 0.239 e. The van der Waals surface area contributed by atoms with E-state index in [0.29, 0.717) is 6.54 Å². The number of anilines is 1. The van der Waals surface area contributed by atoms with E-state index in [1.807, 2.05) is 30.3 Å². The Labute approximate surface area is 126 Å². The van der Waals surface area contributed by atoms with Crippen molar-refractivity contribution in [3.05, 3.63) is 54.6 Å². The van der Waals surface area contributed by atoms with Crippen LogP contribution in [0.15, 0.2) is 54.6 Å². The Balaban J connectivity index is 1.84. The second-order valence-electron chi connectivity index (χ2n) is 5.00. The molecule has 0 fully saturated rings. The predicted octanol–water partition coefficient (Wildman–Crippen LogP) is 3.68. The van der Waals surface area contributed by atoms with Gasteiger partial charge < -0.3 is 10.6 Å². The molecule has 3 heteroatoms. The third-order valence-electron chi connectivity index (χ3n) is 3.30. The second kappa shape index (κ2) is 8.10. The van der Waals surface area contributed by atoms with E-state index in [0.717, 1.165) is 25.1 Å².